The van der Waals surface area contributed by atoms with Gasteiger partial charge in [0.1, 0.15) is 5.75 Å². The molecule has 108 valence electrons. The Kier molecular flexibility index (Phi) is 4.61. The van der Waals surface area contributed by atoms with Crippen LogP contribution in [-0.4, -0.2) is 44.1 Å². The fourth-order valence-corrected chi connectivity index (χ4v) is 2.51. The molecule has 2 rings (SSSR count). The Labute approximate surface area is 118 Å². The van der Waals surface area contributed by atoms with Gasteiger partial charge in [-0.1, -0.05) is 12.1 Å². The molecule has 5 heteroatoms. The summed E-state index contributed by atoms with van der Waals surface area (Å²) in [6, 6.07) is 7.12. The Bertz CT molecular complexity index is 500. The molecule has 1 amide bonds. The molecule has 0 saturated carbocycles. The van der Waals surface area contributed by atoms with E-state index in [-0.39, 0.29) is 17.8 Å². The number of ether oxygens (including phenoxy) is 2. The second-order valence-corrected chi connectivity index (χ2v) is 4.81. The molecule has 1 aliphatic rings. The van der Waals surface area contributed by atoms with Crippen LogP contribution in [0.2, 0.25) is 0 Å². The van der Waals surface area contributed by atoms with Crippen LogP contribution in [0.5, 0.6) is 5.75 Å². The van der Waals surface area contributed by atoms with Gasteiger partial charge in [-0.05, 0) is 25.0 Å². The molecule has 1 aliphatic heterocycles. The molecule has 0 N–H and O–H groups in total. The van der Waals surface area contributed by atoms with Crippen LogP contribution in [0.25, 0.3) is 0 Å². The number of amides is 1. The third-order valence-electron chi connectivity index (χ3n) is 3.58. The van der Waals surface area contributed by atoms with Crippen molar-refractivity contribution < 1.29 is 19.1 Å². The van der Waals surface area contributed by atoms with Crippen molar-refractivity contribution >= 4 is 11.9 Å². The van der Waals surface area contributed by atoms with Gasteiger partial charge in [-0.15, -0.1) is 0 Å². The van der Waals surface area contributed by atoms with Crippen LogP contribution in [0.3, 0.4) is 0 Å². The number of carbonyl (C=O) groups excluding carboxylic acids is 2. The second-order valence-electron chi connectivity index (χ2n) is 4.81. The number of piperidine rings is 1. The van der Waals surface area contributed by atoms with Gasteiger partial charge < -0.3 is 14.4 Å². The fraction of sp³-hybridized carbons (Fsp3) is 0.467. The van der Waals surface area contributed by atoms with E-state index in [1.54, 1.807) is 30.2 Å². The number of hydrogen-bond donors (Lipinski definition) is 0. The third-order valence-corrected chi connectivity index (χ3v) is 3.58. The van der Waals surface area contributed by atoms with Gasteiger partial charge in [0.15, 0.2) is 0 Å². The van der Waals surface area contributed by atoms with E-state index in [9.17, 15) is 9.59 Å². The monoisotopic (exact) mass is 277 g/mol. The molecule has 0 bridgehead atoms. The van der Waals surface area contributed by atoms with Crippen molar-refractivity contribution in [3.05, 3.63) is 29.8 Å². The van der Waals surface area contributed by atoms with Gasteiger partial charge in [0.05, 0.1) is 25.7 Å². The summed E-state index contributed by atoms with van der Waals surface area (Å²) >= 11 is 0. The molecule has 1 saturated heterocycles. The molecule has 1 unspecified atom stereocenters. The Morgan fingerprint density at radius 1 is 1.25 bits per heavy atom. The highest BCUT2D eigenvalue weighted by molar-refractivity contribution is 5.97. The van der Waals surface area contributed by atoms with E-state index in [0.717, 1.165) is 12.8 Å². The molecule has 0 aliphatic carbocycles. The number of carbonyl (C=O) groups is 2. The summed E-state index contributed by atoms with van der Waals surface area (Å²) in [7, 11) is 2.92. The summed E-state index contributed by atoms with van der Waals surface area (Å²) in [5.74, 6) is -0.0244. The van der Waals surface area contributed by atoms with Gasteiger partial charge in [-0.2, -0.15) is 0 Å². The van der Waals surface area contributed by atoms with E-state index in [1.165, 1.54) is 7.11 Å². The smallest absolute Gasteiger partial charge is 0.310 e. The molecule has 1 fully saturated rings. The van der Waals surface area contributed by atoms with E-state index in [4.69, 9.17) is 9.47 Å². The van der Waals surface area contributed by atoms with Gasteiger partial charge in [0.25, 0.3) is 5.91 Å². The minimum absolute atomic E-state index is 0.101. The molecule has 1 aromatic carbocycles. The van der Waals surface area contributed by atoms with Crippen molar-refractivity contribution in [2.24, 2.45) is 5.92 Å². The lowest BCUT2D eigenvalue weighted by Gasteiger charge is -2.31. The van der Waals surface area contributed by atoms with Crippen LogP contribution >= 0.6 is 0 Å². The molecule has 0 radical (unpaired) electrons. The normalized spacial score (nSPS) is 18.5. The van der Waals surface area contributed by atoms with Crippen LogP contribution in [0, 0.1) is 5.92 Å². The van der Waals surface area contributed by atoms with Gasteiger partial charge in [-0.25, -0.2) is 0 Å². The second kappa shape index (κ2) is 6.41. The van der Waals surface area contributed by atoms with E-state index in [1.807, 2.05) is 6.07 Å². The predicted octanol–water partition coefficient (Wildman–Crippen LogP) is 1.72. The topological polar surface area (TPSA) is 55.8 Å². The van der Waals surface area contributed by atoms with Crippen LogP contribution in [0.1, 0.15) is 23.2 Å². The summed E-state index contributed by atoms with van der Waals surface area (Å²) in [6.45, 7) is 1.06. The number of rotatable bonds is 3. The molecular formula is C15H19NO4. The van der Waals surface area contributed by atoms with Crippen molar-refractivity contribution in [1.29, 1.82) is 0 Å². The van der Waals surface area contributed by atoms with Crippen molar-refractivity contribution in [3.8, 4) is 5.75 Å². The minimum Gasteiger partial charge on any atom is -0.496 e. The van der Waals surface area contributed by atoms with Crippen LogP contribution in [0.4, 0.5) is 0 Å². The Morgan fingerprint density at radius 2 is 2.00 bits per heavy atom. The average Bonchev–Trinajstić information content (AvgIpc) is 2.53. The summed E-state index contributed by atoms with van der Waals surface area (Å²) in [5, 5.41) is 0. The van der Waals surface area contributed by atoms with Crippen LogP contribution in [-0.2, 0) is 9.53 Å². The largest absolute Gasteiger partial charge is 0.496 e. The first kappa shape index (κ1) is 14.4. The summed E-state index contributed by atoms with van der Waals surface area (Å²) in [4.78, 5) is 25.8. The summed E-state index contributed by atoms with van der Waals surface area (Å²) < 4.78 is 9.98. The lowest BCUT2D eigenvalue weighted by atomic mass is 9.97. The number of para-hydroxylation sites is 1. The number of methoxy groups -OCH3 is 2. The van der Waals surface area contributed by atoms with Crippen LogP contribution in [0.15, 0.2) is 24.3 Å². The zero-order valence-corrected chi connectivity index (χ0v) is 11.8. The number of benzene rings is 1. The predicted molar refractivity (Wildman–Crippen MR) is 73.6 cm³/mol. The van der Waals surface area contributed by atoms with Crippen molar-refractivity contribution in [2.45, 2.75) is 12.8 Å². The van der Waals surface area contributed by atoms with Crippen LogP contribution < -0.4 is 4.74 Å². The fourth-order valence-electron chi connectivity index (χ4n) is 2.51. The average molecular weight is 277 g/mol. The first-order valence-corrected chi connectivity index (χ1v) is 6.67. The molecule has 1 atom stereocenters. The first-order chi connectivity index (χ1) is 9.67. The number of hydrogen-bond acceptors (Lipinski definition) is 4. The standard InChI is InChI=1S/C15H19NO4/c1-19-13-8-4-3-7-12(13)14(17)16-9-5-6-11(10-16)15(18)20-2/h3-4,7-8,11H,5-6,9-10H2,1-2H3. The Balaban J connectivity index is 2.14. The van der Waals surface area contributed by atoms with E-state index in [0.29, 0.717) is 24.4 Å². The maximum absolute atomic E-state index is 12.5. The quantitative estimate of drug-likeness (QED) is 0.789. The van der Waals surface area contributed by atoms with Gasteiger partial charge >= 0.3 is 5.97 Å². The number of esters is 1. The molecule has 0 spiro atoms. The van der Waals surface area contributed by atoms with Crippen molar-refractivity contribution in [1.82, 2.24) is 4.90 Å². The molecule has 5 nitrogen and oxygen atoms in total. The summed E-state index contributed by atoms with van der Waals surface area (Å²) in [5.41, 5.74) is 0.528. The zero-order valence-electron chi connectivity index (χ0n) is 11.8. The highest BCUT2D eigenvalue weighted by Crippen LogP contribution is 2.23. The van der Waals surface area contributed by atoms with E-state index < -0.39 is 0 Å². The Morgan fingerprint density at radius 3 is 2.70 bits per heavy atom. The molecule has 0 aromatic heterocycles. The maximum atomic E-state index is 12.5. The van der Waals surface area contributed by atoms with Crippen molar-refractivity contribution in [3.63, 3.8) is 0 Å². The highest BCUT2D eigenvalue weighted by atomic mass is 16.5. The van der Waals surface area contributed by atoms with Gasteiger partial charge in [-0.3, -0.25) is 9.59 Å². The van der Waals surface area contributed by atoms with Crippen molar-refractivity contribution in [2.75, 3.05) is 27.3 Å². The Hall–Kier alpha value is -2.04. The number of nitrogens with zero attached hydrogens (tertiary/aromatic N) is 1. The summed E-state index contributed by atoms with van der Waals surface area (Å²) in [6.07, 6.45) is 1.57. The first-order valence-electron chi connectivity index (χ1n) is 6.67. The maximum Gasteiger partial charge on any atom is 0.310 e. The lowest BCUT2D eigenvalue weighted by Crippen LogP contribution is -2.42. The zero-order chi connectivity index (χ0) is 14.5. The highest BCUT2D eigenvalue weighted by Gasteiger charge is 2.30. The molecule has 20 heavy (non-hydrogen) atoms. The molecule has 1 aromatic rings. The van der Waals surface area contributed by atoms with Gasteiger partial charge in [0, 0.05) is 13.1 Å². The van der Waals surface area contributed by atoms with Gasteiger partial charge in [0.2, 0.25) is 0 Å². The molecule has 1 heterocycles. The molecular weight excluding hydrogens is 258 g/mol. The van der Waals surface area contributed by atoms with E-state index >= 15 is 0 Å². The van der Waals surface area contributed by atoms with E-state index in [2.05, 4.69) is 0 Å². The third kappa shape index (κ3) is 2.92. The SMILES string of the molecule is COC(=O)C1CCCN(C(=O)c2ccccc2OC)C1. The minimum atomic E-state index is -0.248. The number of likely N-dealkylation sites (tertiary alicyclic amines) is 1. The lowest BCUT2D eigenvalue weighted by molar-refractivity contribution is -0.146.